The lowest BCUT2D eigenvalue weighted by atomic mass is 9.97. The molecule has 3 N–H and O–H groups in total. The molecule has 0 aliphatic carbocycles. The Kier molecular flexibility index (Phi) is 5.84. The molecule has 0 radical (unpaired) electrons. The molecular formula is C18H25ClN4O4. The Bertz CT molecular complexity index is 724. The van der Waals surface area contributed by atoms with Crippen molar-refractivity contribution >= 4 is 35.7 Å². The number of nitrogens with two attached hydrogens (primary N) is 1. The number of ether oxygens (including phenoxy) is 2. The summed E-state index contributed by atoms with van der Waals surface area (Å²) in [6.07, 6.45) is 3.72. The van der Waals surface area contributed by atoms with E-state index in [1.54, 1.807) is 12.1 Å². The molecule has 0 saturated carbocycles. The second kappa shape index (κ2) is 8.12. The molecule has 148 valence electrons. The van der Waals surface area contributed by atoms with Gasteiger partial charge in [-0.1, -0.05) is 0 Å². The van der Waals surface area contributed by atoms with Crippen molar-refractivity contribution in [1.82, 2.24) is 9.80 Å². The number of fused-ring (bicyclic) bond motifs is 1. The van der Waals surface area contributed by atoms with Crippen molar-refractivity contribution in [2.75, 3.05) is 44.0 Å². The number of carbonyl (C=O) groups excluding carboxylic acids is 2. The first-order chi connectivity index (χ1) is 12.6. The van der Waals surface area contributed by atoms with Gasteiger partial charge in [0, 0.05) is 38.3 Å². The minimum absolute atomic E-state index is 0. The van der Waals surface area contributed by atoms with Gasteiger partial charge in [0.2, 0.25) is 12.7 Å². The first-order valence-electron chi connectivity index (χ1n) is 9.15. The highest BCUT2D eigenvalue weighted by atomic mass is 35.5. The lowest BCUT2D eigenvalue weighted by Gasteiger charge is -2.34. The van der Waals surface area contributed by atoms with Crippen molar-refractivity contribution in [2.45, 2.75) is 25.7 Å². The number of hydrogen-bond acceptors (Lipinski definition) is 5. The number of halogens is 1. The van der Waals surface area contributed by atoms with Crippen LogP contribution in [0.5, 0.6) is 11.5 Å². The van der Waals surface area contributed by atoms with Crippen molar-refractivity contribution in [2.24, 2.45) is 5.92 Å². The fourth-order valence-corrected chi connectivity index (χ4v) is 3.77. The van der Waals surface area contributed by atoms with Crippen molar-refractivity contribution in [1.29, 1.82) is 0 Å². The summed E-state index contributed by atoms with van der Waals surface area (Å²) in [6, 6.07) is 3.40. The van der Waals surface area contributed by atoms with Crippen molar-refractivity contribution in [3.05, 3.63) is 12.1 Å². The number of rotatable bonds is 2. The molecule has 9 heteroatoms. The van der Waals surface area contributed by atoms with Crippen LogP contribution in [-0.2, 0) is 4.79 Å². The Morgan fingerprint density at radius 1 is 1.04 bits per heavy atom. The number of hydrogen-bond donors (Lipinski definition) is 2. The number of carbonyl (C=O) groups is 2. The van der Waals surface area contributed by atoms with Crippen molar-refractivity contribution < 1.29 is 19.1 Å². The van der Waals surface area contributed by atoms with Gasteiger partial charge in [-0.25, -0.2) is 4.79 Å². The van der Waals surface area contributed by atoms with E-state index < -0.39 is 0 Å². The fraction of sp³-hybridized carbons (Fsp3) is 0.556. The number of urea groups is 1. The molecule has 1 aromatic carbocycles. The van der Waals surface area contributed by atoms with Crippen LogP contribution in [0.25, 0.3) is 0 Å². The topological polar surface area (TPSA) is 97.1 Å². The van der Waals surface area contributed by atoms with Crippen LogP contribution >= 0.6 is 12.4 Å². The molecule has 2 fully saturated rings. The van der Waals surface area contributed by atoms with Crippen LogP contribution in [0.4, 0.5) is 16.2 Å². The Morgan fingerprint density at radius 3 is 2.44 bits per heavy atom. The zero-order valence-electron chi connectivity index (χ0n) is 15.1. The number of nitrogen functional groups attached to an aromatic ring is 1. The largest absolute Gasteiger partial charge is 0.454 e. The highest BCUT2D eigenvalue weighted by Gasteiger charge is 2.32. The van der Waals surface area contributed by atoms with Crippen LogP contribution in [0.15, 0.2) is 12.1 Å². The first-order valence-corrected chi connectivity index (χ1v) is 9.15. The van der Waals surface area contributed by atoms with Crippen LogP contribution in [-0.4, -0.2) is 54.7 Å². The highest BCUT2D eigenvalue weighted by molar-refractivity contribution is 5.96. The van der Waals surface area contributed by atoms with Crippen LogP contribution in [0, 0.1) is 5.92 Å². The van der Waals surface area contributed by atoms with Crippen LogP contribution < -0.4 is 20.5 Å². The second-order valence-electron chi connectivity index (χ2n) is 7.04. The third-order valence-corrected chi connectivity index (χ3v) is 5.24. The van der Waals surface area contributed by atoms with E-state index in [1.807, 2.05) is 9.80 Å². The number of likely N-dealkylation sites (tertiary alicyclic amines) is 2. The van der Waals surface area contributed by atoms with Crippen LogP contribution in [0.2, 0.25) is 0 Å². The Balaban J connectivity index is 0.00000210. The number of nitrogens with zero attached hydrogens (tertiary/aromatic N) is 2. The van der Waals surface area contributed by atoms with E-state index in [2.05, 4.69) is 5.32 Å². The molecular weight excluding hydrogens is 372 g/mol. The predicted molar refractivity (Wildman–Crippen MR) is 103 cm³/mol. The number of piperidine rings is 1. The summed E-state index contributed by atoms with van der Waals surface area (Å²) in [7, 11) is 0. The van der Waals surface area contributed by atoms with E-state index in [0.29, 0.717) is 36.0 Å². The van der Waals surface area contributed by atoms with Gasteiger partial charge in [-0.2, -0.15) is 0 Å². The monoisotopic (exact) mass is 396 g/mol. The van der Waals surface area contributed by atoms with E-state index in [4.69, 9.17) is 15.2 Å². The van der Waals surface area contributed by atoms with Gasteiger partial charge in [0.1, 0.15) is 0 Å². The van der Waals surface area contributed by atoms with Gasteiger partial charge in [-0.05, 0) is 25.7 Å². The van der Waals surface area contributed by atoms with E-state index in [0.717, 1.165) is 38.8 Å². The number of anilines is 2. The molecule has 8 nitrogen and oxygen atoms in total. The highest BCUT2D eigenvalue weighted by Crippen LogP contribution is 2.38. The van der Waals surface area contributed by atoms with E-state index in [1.165, 1.54) is 0 Å². The zero-order chi connectivity index (χ0) is 18.1. The van der Waals surface area contributed by atoms with E-state index in [9.17, 15) is 9.59 Å². The van der Waals surface area contributed by atoms with Crippen molar-refractivity contribution in [3.63, 3.8) is 0 Å². The summed E-state index contributed by atoms with van der Waals surface area (Å²) in [5.41, 5.74) is 6.96. The van der Waals surface area contributed by atoms with Crippen LogP contribution in [0.1, 0.15) is 25.7 Å². The third kappa shape index (κ3) is 4.00. The van der Waals surface area contributed by atoms with Gasteiger partial charge >= 0.3 is 6.03 Å². The lowest BCUT2D eigenvalue weighted by Crippen LogP contribution is -2.48. The van der Waals surface area contributed by atoms with E-state index >= 15 is 0 Å². The number of amides is 3. The summed E-state index contributed by atoms with van der Waals surface area (Å²) in [6.45, 7) is 2.96. The summed E-state index contributed by atoms with van der Waals surface area (Å²) < 4.78 is 10.6. The molecule has 1 unspecified atom stereocenters. The van der Waals surface area contributed by atoms with Gasteiger partial charge in [0.25, 0.3) is 0 Å². The molecule has 3 aliphatic heterocycles. The van der Waals surface area contributed by atoms with Gasteiger partial charge in [0.05, 0.1) is 17.3 Å². The Labute approximate surface area is 164 Å². The average molecular weight is 397 g/mol. The quantitative estimate of drug-likeness (QED) is 0.747. The molecule has 4 rings (SSSR count). The molecule has 0 bridgehead atoms. The minimum Gasteiger partial charge on any atom is -0.454 e. The standard InChI is InChI=1S/C18H24N4O4.ClH/c19-13-8-15-16(26-11-25-15)9-14(13)20-17(23)12-4-3-7-22(10-12)18(24)21-5-1-2-6-21;/h8-9,12H,1-7,10-11,19H2,(H,20,23);1H. The molecule has 3 aliphatic rings. The SMILES string of the molecule is Cl.Nc1cc2c(cc1NC(=O)C1CCCN(C(=O)N3CCCC3)C1)OCO2. The van der Waals surface area contributed by atoms with Gasteiger partial charge in [-0.3, -0.25) is 4.79 Å². The van der Waals surface area contributed by atoms with E-state index in [-0.39, 0.29) is 37.1 Å². The van der Waals surface area contributed by atoms with Gasteiger partial charge in [0.15, 0.2) is 11.5 Å². The summed E-state index contributed by atoms with van der Waals surface area (Å²) >= 11 is 0. The maximum atomic E-state index is 12.7. The lowest BCUT2D eigenvalue weighted by molar-refractivity contribution is -0.121. The Hall–Kier alpha value is -2.35. The molecule has 27 heavy (non-hydrogen) atoms. The zero-order valence-corrected chi connectivity index (χ0v) is 15.9. The predicted octanol–water partition coefficient (Wildman–Crippen LogP) is 2.29. The average Bonchev–Trinajstić information content (AvgIpc) is 3.33. The molecule has 0 spiro atoms. The van der Waals surface area contributed by atoms with Gasteiger partial charge < -0.3 is 30.3 Å². The first kappa shape index (κ1) is 19.4. The molecule has 2 saturated heterocycles. The smallest absolute Gasteiger partial charge is 0.320 e. The Morgan fingerprint density at radius 2 is 1.70 bits per heavy atom. The molecule has 3 amide bonds. The third-order valence-electron chi connectivity index (χ3n) is 5.24. The second-order valence-corrected chi connectivity index (χ2v) is 7.04. The normalized spacial score (nSPS) is 21.0. The summed E-state index contributed by atoms with van der Waals surface area (Å²) in [5.74, 6) is 0.805. The molecule has 1 atom stereocenters. The van der Waals surface area contributed by atoms with Gasteiger partial charge in [-0.15, -0.1) is 12.4 Å². The van der Waals surface area contributed by atoms with Crippen LogP contribution in [0.3, 0.4) is 0 Å². The molecule has 0 aromatic heterocycles. The minimum atomic E-state index is -0.236. The fourth-order valence-electron chi connectivity index (χ4n) is 3.77. The maximum absolute atomic E-state index is 12.7. The van der Waals surface area contributed by atoms with Crippen molar-refractivity contribution in [3.8, 4) is 11.5 Å². The maximum Gasteiger partial charge on any atom is 0.320 e. The summed E-state index contributed by atoms with van der Waals surface area (Å²) in [4.78, 5) is 29.0. The molecule has 1 aromatic rings. The number of nitrogens with one attached hydrogen (secondary N) is 1. The number of benzene rings is 1. The molecule has 3 heterocycles. The summed E-state index contributed by atoms with van der Waals surface area (Å²) in [5, 5.41) is 2.89.